The molecule has 0 aromatic carbocycles. The monoisotopic (exact) mass is 328 g/mol. The van der Waals surface area contributed by atoms with Crippen molar-refractivity contribution in [2.75, 3.05) is 5.32 Å². The van der Waals surface area contributed by atoms with Gasteiger partial charge in [0.05, 0.1) is 17.4 Å². The van der Waals surface area contributed by atoms with Crippen LogP contribution in [0.5, 0.6) is 0 Å². The normalized spacial score (nSPS) is 10.4. The molecule has 0 unspecified atom stereocenters. The lowest BCUT2D eigenvalue weighted by atomic mass is 10.2. The Kier molecular flexibility index (Phi) is 3.68. The highest BCUT2D eigenvalue weighted by atomic mass is 79.9. The summed E-state index contributed by atoms with van der Waals surface area (Å²) in [7, 11) is 1.78. The summed E-state index contributed by atoms with van der Waals surface area (Å²) in [6, 6.07) is 1.69. The Balaban J connectivity index is 2.27. The van der Waals surface area contributed by atoms with Crippen LogP contribution in [0.25, 0.3) is 0 Å². The van der Waals surface area contributed by atoms with Crippen LogP contribution in [-0.2, 0) is 7.05 Å². The molecule has 1 N–H and O–H groups in total. The summed E-state index contributed by atoms with van der Waals surface area (Å²) in [5.41, 5.74) is 1.75. The molecule has 94 valence electrons. The number of anilines is 1. The van der Waals surface area contributed by atoms with Gasteiger partial charge in [0.25, 0.3) is 5.91 Å². The van der Waals surface area contributed by atoms with Gasteiger partial charge < -0.3 is 5.32 Å². The minimum atomic E-state index is -0.262. The third-order valence-electron chi connectivity index (χ3n) is 2.53. The number of amides is 1. The Hall–Kier alpha value is -1.40. The van der Waals surface area contributed by atoms with Crippen LogP contribution in [0.15, 0.2) is 22.9 Å². The average Bonchev–Trinajstić information content (AvgIpc) is 2.65. The standard InChI is InChI=1S/C11H10BrClN4O/c1-6-8(5-15-17(6)2)11(18)16-9-3-7(12)4-14-10(9)13/h3-5H,1-2H3,(H,16,18). The number of halogens is 2. The smallest absolute Gasteiger partial charge is 0.259 e. The van der Waals surface area contributed by atoms with E-state index in [9.17, 15) is 4.79 Å². The number of nitrogens with zero attached hydrogens (tertiary/aromatic N) is 3. The van der Waals surface area contributed by atoms with Gasteiger partial charge in [-0.3, -0.25) is 9.48 Å². The quantitative estimate of drug-likeness (QED) is 0.862. The SMILES string of the molecule is Cc1c(C(=O)Nc2cc(Br)cnc2Cl)cnn1C. The predicted octanol–water partition coefficient (Wildman–Crippen LogP) is 2.79. The third-order valence-corrected chi connectivity index (χ3v) is 3.27. The molecule has 0 fully saturated rings. The highest BCUT2D eigenvalue weighted by molar-refractivity contribution is 9.10. The molecule has 0 radical (unpaired) electrons. The van der Waals surface area contributed by atoms with E-state index in [0.717, 1.165) is 10.2 Å². The molecule has 18 heavy (non-hydrogen) atoms. The van der Waals surface area contributed by atoms with Crippen molar-refractivity contribution in [2.45, 2.75) is 6.92 Å². The Morgan fingerprint density at radius 3 is 2.83 bits per heavy atom. The zero-order valence-corrected chi connectivity index (χ0v) is 12.1. The van der Waals surface area contributed by atoms with Crippen molar-refractivity contribution < 1.29 is 4.79 Å². The van der Waals surface area contributed by atoms with Gasteiger partial charge in [0.2, 0.25) is 0 Å². The van der Waals surface area contributed by atoms with Gasteiger partial charge in [-0.2, -0.15) is 5.10 Å². The molecule has 2 aromatic heterocycles. The van der Waals surface area contributed by atoms with Crippen molar-refractivity contribution in [1.29, 1.82) is 0 Å². The van der Waals surface area contributed by atoms with E-state index in [1.807, 2.05) is 6.92 Å². The second-order valence-corrected chi connectivity index (χ2v) is 4.99. The maximum Gasteiger partial charge on any atom is 0.259 e. The largest absolute Gasteiger partial charge is 0.319 e. The molecule has 2 heterocycles. The van der Waals surface area contributed by atoms with Gasteiger partial charge in [0.15, 0.2) is 5.15 Å². The number of aryl methyl sites for hydroxylation is 1. The van der Waals surface area contributed by atoms with E-state index in [1.165, 1.54) is 6.20 Å². The molecule has 0 bridgehead atoms. The van der Waals surface area contributed by atoms with Gasteiger partial charge >= 0.3 is 0 Å². The fourth-order valence-corrected chi connectivity index (χ4v) is 1.90. The van der Waals surface area contributed by atoms with Crippen molar-refractivity contribution in [3.05, 3.63) is 39.3 Å². The van der Waals surface area contributed by atoms with Gasteiger partial charge in [-0.15, -0.1) is 0 Å². The maximum atomic E-state index is 12.0. The molecular formula is C11H10BrClN4O. The Morgan fingerprint density at radius 1 is 1.50 bits per heavy atom. The van der Waals surface area contributed by atoms with Crippen LogP contribution in [0.3, 0.4) is 0 Å². The molecular weight excluding hydrogens is 320 g/mol. The van der Waals surface area contributed by atoms with Gasteiger partial charge in [-0.25, -0.2) is 4.98 Å². The highest BCUT2D eigenvalue weighted by Gasteiger charge is 2.14. The van der Waals surface area contributed by atoms with Gasteiger partial charge in [-0.05, 0) is 28.9 Å². The molecule has 1 amide bonds. The van der Waals surface area contributed by atoms with Crippen LogP contribution in [0.1, 0.15) is 16.1 Å². The lowest BCUT2D eigenvalue weighted by molar-refractivity contribution is 0.102. The second-order valence-electron chi connectivity index (χ2n) is 3.71. The van der Waals surface area contributed by atoms with Crippen molar-refractivity contribution in [1.82, 2.24) is 14.8 Å². The first kappa shape index (κ1) is 13.0. The van der Waals surface area contributed by atoms with E-state index in [2.05, 4.69) is 31.3 Å². The number of carbonyl (C=O) groups excluding carboxylic acids is 1. The van der Waals surface area contributed by atoms with Gasteiger partial charge in [0.1, 0.15) is 0 Å². The third kappa shape index (κ3) is 2.54. The molecule has 0 saturated carbocycles. The zero-order chi connectivity index (χ0) is 13.3. The van der Waals surface area contributed by atoms with Crippen LogP contribution < -0.4 is 5.32 Å². The Labute approximate surface area is 117 Å². The predicted molar refractivity (Wildman–Crippen MR) is 72.8 cm³/mol. The van der Waals surface area contributed by atoms with Crippen molar-refractivity contribution >= 4 is 39.1 Å². The summed E-state index contributed by atoms with van der Waals surface area (Å²) in [6.45, 7) is 1.82. The number of pyridine rings is 1. The van der Waals surface area contributed by atoms with E-state index in [-0.39, 0.29) is 11.1 Å². The summed E-state index contributed by atoms with van der Waals surface area (Å²) in [6.07, 6.45) is 3.08. The number of hydrogen-bond acceptors (Lipinski definition) is 3. The lowest BCUT2D eigenvalue weighted by Gasteiger charge is -2.06. The summed E-state index contributed by atoms with van der Waals surface area (Å²) in [5.74, 6) is -0.262. The summed E-state index contributed by atoms with van der Waals surface area (Å²) >= 11 is 9.18. The summed E-state index contributed by atoms with van der Waals surface area (Å²) in [5, 5.41) is 6.97. The molecule has 0 aliphatic rings. The van der Waals surface area contributed by atoms with Crippen LogP contribution >= 0.6 is 27.5 Å². The maximum absolute atomic E-state index is 12.0. The topological polar surface area (TPSA) is 59.8 Å². The molecule has 0 spiro atoms. The van der Waals surface area contributed by atoms with E-state index >= 15 is 0 Å². The Morgan fingerprint density at radius 2 is 2.22 bits per heavy atom. The summed E-state index contributed by atoms with van der Waals surface area (Å²) in [4.78, 5) is 16.0. The summed E-state index contributed by atoms with van der Waals surface area (Å²) < 4.78 is 2.38. The molecule has 2 rings (SSSR count). The van der Waals surface area contributed by atoms with Crippen LogP contribution in [0.2, 0.25) is 5.15 Å². The van der Waals surface area contributed by atoms with E-state index in [4.69, 9.17) is 11.6 Å². The molecule has 0 aliphatic carbocycles. The van der Waals surface area contributed by atoms with Crippen molar-refractivity contribution in [3.8, 4) is 0 Å². The number of nitrogens with one attached hydrogen (secondary N) is 1. The van der Waals surface area contributed by atoms with Crippen LogP contribution in [-0.4, -0.2) is 20.7 Å². The molecule has 5 nitrogen and oxygen atoms in total. The molecule has 0 atom stereocenters. The number of carbonyl (C=O) groups is 1. The van der Waals surface area contributed by atoms with E-state index in [1.54, 1.807) is 24.0 Å². The first-order valence-electron chi connectivity index (χ1n) is 5.10. The van der Waals surface area contributed by atoms with Crippen molar-refractivity contribution in [2.24, 2.45) is 7.05 Å². The highest BCUT2D eigenvalue weighted by Crippen LogP contribution is 2.23. The average molecular weight is 330 g/mol. The fraction of sp³-hybridized carbons (Fsp3) is 0.182. The number of aromatic nitrogens is 3. The second kappa shape index (κ2) is 5.07. The van der Waals surface area contributed by atoms with Gasteiger partial charge in [-0.1, -0.05) is 11.6 Å². The number of hydrogen-bond donors (Lipinski definition) is 1. The van der Waals surface area contributed by atoms with Gasteiger partial charge in [0, 0.05) is 23.4 Å². The van der Waals surface area contributed by atoms with E-state index in [0.29, 0.717) is 11.3 Å². The first-order chi connectivity index (χ1) is 8.49. The van der Waals surface area contributed by atoms with Crippen LogP contribution in [0.4, 0.5) is 5.69 Å². The molecule has 0 saturated heterocycles. The first-order valence-corrected chi connectivity index (χ1v) is 6.27. The molecule has 7 heteroatoms. The number of rotatable bonds is 2. The van der Waals surface area contributed by atoms with Crippen LogP contribution in [0, 0.1) is 6.92 Å². The van der Waals surface area contributed by atoms with E-state index < -0.39 is 0 Å². The lowest BCUT2D eigenvalue weighted by Crippen LogP contribution is -2.13. The van der Waals surface area contributed by atoms with Crippen molar-refractivity contribution in [3.63, 3.8) is 0 Å². The molecule has 2 aromatic rings. The minimum absolute atomic E-state index is 0.244. The zero-order valence-electron chi connectivity index (χ0n) is 9.74. The fourth-order valence-electron chi connectivity index (χ4n) is 1.42. The minimum Gasteiger partial charge on any atom is -0.319 e. The Bertz CT molecular complexity index is 611. The molecule has 0 aliphatic heterocycles.